The Labute approximate surface area is 94.5 Å². The first-order valence-corrected chi connectivity index (χ1v) is 5.43. The van der Waals surface area contributed by atoms with Gasteiger partial charge in [-0.2, -0.15) is 5.43 Å². The number of allylic oxidation sites excluding steroid dienone is 1. The highest BCUT2D eigenvalue weighted by molar-refractivity contribution is 5.74. The zero-order valence-corrected chi connectivity index (χ0v) is 9.35. The summed E-state index contributed by atoms with van der Waals surface area (Å²) in [6, 6.07) is -0.234. The van der Waals surface area contributed by atoms with Crippen LogP contribution in [0.4, 0.5) is 4.79 Å². The number of quaternary nitrogens is 1. The van der Waals surface area contributed by atoms with Gasteiger partial charge in [-0.3, -0.25) is 0 Å². The highest BCUT2D eigenvalue weighted by Crippen LogP contribution is 2.20. The molecule has 0 aliphatic carbocycles. The third kappa shape index (κ3) is 2.40. The van der Waals surface area contributed by atoms with E-state index in [4.69, 9.17) is 4.74 Å². The van der Waals surface area contributed by atoms with Crippen LogP contribution >= 0.6 is 0 Å². The number of carbonyl (C=O) groups is 1. The number of nitrogens with one attached hydrogen (secondary N) is 2. The fraction of sp³-hybridized carbons (Fsp3) is 0.600. The molecular weight excluding hydrogens is 208 g/mol. The molecule has 2 amide bonds. The van der Waals surface area contributed by atoms with Crippen LogP contribution in [0.25, 0.3) is 0 Å². The molecule has 0 spiro atoms. The summed E-state index contributed by atoms with van der Waals surface area (Å²) in [5.74, 6) is 0.442. The minimum atomic E-state index is -0.234. The Bertz CT molecular complexity index is 309. The van der Waals surface area contributed by atoms with Gasteiger partial charge in [-0.1, -0.05) is 9.80 Å². The zero-order valence-electron chi connectivity index (χ0n) is 9.35. The van der Waals surface area contributed by atoms with Crippen molar-refractivity contribution in [2.45, 2.75) is 6.42 Å². The molecule has 0 aromatic heterocycles. The van der Waals surface area contributed by atoms with E-state index >= 15 is 0 Å². The molecule has 88 valence electrons. The first-order valence-electron chi connectivity index (χ1n) is 5.43. The lowest BCUT2D eigenvalue weighted by Gasteiger charge is -2.27. The highest BCUT2D eigenvalue weighted by Gasteiger charge is 2.35. The average Bonchev–Trinajstić information content (AvgIpc) is 2.91. The Morgan fingerprint density at radius 3 is 3.12 bits per heavy atom. The van der Waals surface area contributed by atoms with Gasteiger partial charge in [0.1, 0.15) is 12.7 Å². The number of hydrogen-bond acceptors (Lipinski definition) is 3. The molecule has 6 nitrogen and oxygen atoms in total. The molecule has 1 saturated heterocycles. The molecule has 2 rings (SSSR count). The molecule has 2 atom stereocenters. The predicted octanol–water partition coefficient (Wildman–Crippen LogP) is 0.197. The lowest BCUT2D eigenvalue weighted by molar-refractivity contribution is -0.921. The summed E-state index contributed by atoms with van der Waals surface area (Å²) in [5, 5.41) is 6.83. The van der Waals surface area contributed by atoms with Crippen LogP contribution in [0.2, 0.25) is 0 Å². The standard InChI is InChI=1S/C10H16N4O2/c1-11-10(15)13-14(5-2-4-12-14)7-9-3-6-16-8-9/h2,4-5,9H,3,6-8H2,1H3,(H-,11,13,15)/p+1. The van der Waals surface area contributed by atoms with E-state index in [1.165, 1.54) is 0 Å². The number of amides is 2. The number of nitrogens with zero attached hydrogens (tertiary/aromatic N) is 2. The van der Waals surface area contributed by atoms with E-state index in [0.717, 1.165) is 26.2 Å². The van der Waals surface area contributed by atoms with Gasteiger partial charge < -0.3 is 10.1 Å². The van der Waals surface area contributed by atoms with Gasteiger partial charge in [0.15, 0.2) is 0 Å². The minimum absolute atomic E-state index is 0.133. The molecule has 2 aliphatic heterocycles. The highest BCUT2D eigenvalue weighted by atomic mass is 16.5. The molecule has 2 aliphatic rings. The van der Waals surface area contributed by atoms with Crippen molar-refractivity contribution in [3.05, 3.63) is 12.3 Å². The second-order valence-electron chi connectivity index (χ2n) is 4.04. The Balaban J connectivity index is 2.00. The Kier molecular flexibility index (Phi) is 3.21. The van der Waals surface area contributed by atoms with E-state index in [1.807, 2.05) is 12.3 Å². The number of ether oxygens (including phenoxy) is 1. The molecule has 0 saturated carbocycles. The van der Waals surface area contributed by atoms with Gasteiger partial charge in [0.05, 0.1) is 12.8 Å². The van der Waals surface area contributed by atoms with E-state index < -0.39 is 0 Å². The van der Waals surface area contributed by atoms with Gasteiger partial charge in [-0.15, -0.1) is 0 Å². The molecule has 6 heteroatoms. The monoisotopic (exact) mass is 225 g/mol. The van der Waals surface area contributed by atoms with Crippen molar-refractivity contribution in [1.29, 1.82) is 0 Å². The van der Waals surface area contributed by atoms with Crippen molar-refractivity contribution in [3.8, 4) is 0 Å². The second-order valence-corrected chi connectivity index (χ2v) is 4.04. The normalized spacial score (nSPS) is 31.9. The molecule has 0 radical (unpaired) electrons. The summed E-state index contributed by atoms with van der Waals surface area (Å²) in [6.45, 7) is 2.29. The van der Waals surface area contributed by atoms with Crippen LogP contribution < -0.4 is 10.7 Å². The van der Waals surface area contributed by atoms with Gasteiger partial charge in [-0.25, -0.2) is 4.79 Å². The molecule has 2 heterocycles. The van der Waals surface area contributed by atoms with Gasteiger partial charge in [0.2, 0.25) is 0 Å². The van der Waals surface area contributed by atoms with Crippen LogP contribution in [-0.2, 0) is 4.74 Å². The third-order valence-corrected chi connectivity index (χ3v) is 2.77. The van der Waals surface area contributed by atoms with Crippen molar-refractivity contribution < 1.29 is 14.2 Å². The van der Waals surface area contributed by atoms with Crippen LogP contribution in [-0.4, -0.2) is 43.8 Å². The molecule has 1 fully saturated rings. The lowest BCUT2D eigenvalue weighted by atomic mass is 10.1. The van der Waals surface area contributed by atoms with Crippen molar-refractivity contribution in [2.24, 2.45) is 11.0 Å². The molecule has 0 aromatic rings. The average molecular weight is 225 g/mol. The van der Waals surface area contributed by atoms with Crippen LogP contribution in [0.3, 0.4) is 0 Å². The van der Waals surface area contributed by atoms with E-state index in [0.29, 0.717) is 5.92 Å². The van der Waals surface area contributed by atoms with E-state index in [9.17, 15) is 4.79 Å². The maximum Gasteiger partial charge on any atom is 0.361 e. The first kappa shape index (κ1) is 11.1. The van der Waals surface area contributed by atoms with Crippen LogP contribution in [0, 0.1) is 5.92 Å². The maximum atomic E-state index is 11.4. The summed E-state index contributed by atoms with van der Waals surface area (Å²) in [6.07, 6.45) is 6.43. The van der Waals surface area contributed by atoms with Crippen LogP contribution in [0.1, 0.15) is 6.42 Å². The molecule has 0 aromatic carbocycles. The van der Waals surface area contributed by atoms with Crippen molar-refractivity contribution in [1.82, 2.24) is 10.7 Å². The fourth-order valence-electron chi connectivity index (χ4n) is 1.95. The molecule has 0 bridgehead atoms. The summed E-state index contributed by atoms with van der Waals surface area (Å²) in [4.78, 5) is 11.4. The Hall–Kier alpha value is -1.40. The summed E-state index contributed by atoms with van der Waals surface area (Å²) < 4.78 is 5.46. The smallest absolute Gasteiger partial charge is 0.361 e. The first-order chi connectivity index (χ1) is 7.74. The third-order valence-electron chi connectivity index (χ3n) is 2.77. The summed E-state index contributed by atoms with van der Waals surface area (Å²) in [7, 11) is 1.59. The topological polar surface area (TPSA) is 62.7 Å². The van der Waals surface area contributed by atoms with Crippen LogP contribution in [0.5, 0.6) is 0 Å². The maximum absolute atomic E-state index is 11.4. The number of hydrogen-bond donors (Lipinski definition) is 2. The number of urea groups is 1. The van der Waals surface area contributed by atoms with E-state index in [-0.39, 0.29) is 10.7 Å². The van der Waals surface area contributed by atoms with Crippen molar-refractivity contribution in [2.75, 3.05) is 26.8 Å². The second kappa shape index (κ2) is 4.63. The van der Waals surface area contributed by atoms with E-state index in [1.54, 1.807) is 13.3 Å². The van der Waals surface area contributed by atoms with Gasteiger partial charge in [-0.05, 0) is 6.42 Å². The molecular formula is C10H17N4O2+. The zero-order chi connectivity index (χ0) is 11.4. The predicted molar refractivity (Wildman–Crippen MR) is 59.3 cm³/mol. The van der Waals surface area contributed by atoms with Gasteiger partial charge >= 0.3 is 6.03 Å². The quantitative estimate of drug-likeness (QED) is 0.674. The minimum Gasteiger partial charge on any atom is -0.381 e. The largest absolute Gasteiger partial charge is 0.381 e. The van der Waals surface area contributed by atoms with E-state index in [2.05, 4.69) is 15.8 Å². The van der Waals surface area contributed by atoms with Crippen molar-refractivity contribution >= 4 is 12.2 Å². The summed E-state index contributed by atoms with van der Waals surface area (Å²) in [5.41, 5.74) is 2.82. The molecule has 2 unspecified atom stereocenters. The molecule has 16 heavy (non-hydrogen) atoms. The molecule has 2 N–H and O–H groups in total. The fourth-order valence-corrected chi connectivity index (χ4v) is 1.95. The summed E-state index contributed by atoms with van der Waals surface area (Å²) >= 11 is 0. The van der Waals surface area contributed by atoms with Crippen molar-refractivity contribution in [3.63, 3.8) is 0 Å². The Morgan fingerprint density at radius 1 is 1.69 bits per heavy atom. The number of rotatable bonds is 3. The van der Waals surface area contributed by atoms with Gasteiger partial charge in [0.25, 0.3) is 0 Å². The van der Waals surface area contributed by atoms with Gasteiger partial charge in [0, 0.05) is 25.6 Å². The van der Waals surface area contributed by atoms with Crippen LogP contribution in [0.15, 0.2) is 17.4 Å². The SMILES string of the molecule is CNC(=O)N[N+]1(CC2CCOC2)C=CC=N1. The number of carbonyl (C=O) groups excluding carboxylic acids is 1. The lowest BCUT2D eigenvalue weighted by Crippen LogP contribution is -2.56. The Morgan fingerprint density at radius 2 is 2.56 bits per heavy atom.